The second kappa shape index (κ2) is 10.7. The topological polar surface area (TPSA) is 85.8 Å². The molecule has 0 fully saturated rings. The van der Waals surface area contributed by atoms with Crippen LogP contribution in [0.5, 0.6) is 0 Å². The first-order valence-corrected chi connectivity index (χ1v) is 10.3. The summed E-state index contributed by atoms with van der Waals surface area (Å²) in [6.45, 7) is 2.00. The lowest BCUT2D eigenvalue weighted by molar-refractivity contribution is -0.192. The Kier molecular flexibility index (Phi) is 7.72. The number of hydrogen-bond donors (Lipinski definition) is 2. The van der Waals surface area contributed by atoms with E-state index in [2.05, 4.69) is 39.3 Å². The molecule has 0 unspecified atom stereocenters. The van der Waals surface area contributed by atoms with Crippen LogP contribution in [0.15, 0.2) is 73.1 Å². The predicted molar refractivity (Wildman–Crippen MR) is 124 cm³/mol. The number of likely N-dealkylation sites (N-methyl/N-ethyl adjacent to an activating group) is 1. The van der Waals surface area contributed by atoms with E-state index in [1.165, 1.54) is 0 Å². The third-order valence-corrected chi connectivity index (χ3v) is 5.09. The van der Waals surface area contributed by atoms with Gasteiger partial charge in [-0.25, -0.2) is 4.79 Å². The minimum atomic E-state index is -5.08. The summed E-state index contributed by atoms with van der Waals surface area (Å²) in [5.41, 5.74) is 5.21. The van der Waals surface area contributed by atoms with Crippen LogP contribution in [0.4, 0.5) is 30.2 Å². The zero-order valence-electron chi connectivity index (χ0n) is 18.3. The number of hydrogen-bond acceptors (Lipinski definition) is 5. The van der Waals surface area contributed by atoms with Gasteiger partial charge in [0.1, 0.15) is 0 Å². The zero-order valence-corrected chi connectivity index (χ0v) is 18.3. The van der Waals surface area contributed by atoms with Gasteiger partial charge in [-0.1, -0.05) is 42.5 Å². The standard InChI is InChI=1S/C22H22N4O.C2HF3O2/c1-25-13-14-26(21-15-23-12-11-20(21)25)16-22(27)24-19-9-7-18(8-10-19)17-5-3-2-4-6-17;3-2(4,5)1(6)7/h2-12,15H,13-14,16H2,1H3,(H,24,27);(H,6,7). The number of alkyl halides is 3. The van der Waals surface area contributed by atoms with Gasteiger partial charge in [0.2, 0.25) is 5.91 Å². The number of rotatable bonds is 4. The molecule has 3 aromatic rings. The van der Waals surface area contributed by atoms with Crippen molar-refractivity contribution in [1.29, 1.82) is 0 Å². The molecule has 1 aromatic heterocycles. The number of carboxylic acids is 1. The molecule has 0 spiro atoms. The molecule has 2 aromatic carbocycles. The van der Waals surface area contributed by atoms with Gasteiger partial charge in [0, 0.05) is 32.0 Å². The fourth-order valence-corrected chi connectivity index (χ4v) is 3.37. The Morgan fingerprint density at radius 2 is 1.59 bits per heavy atom. The molecule has 10 heteroatoms. The highest BCUT2D eigenvalue weighted by Crippen LogP contribution is 2.30. The molecule has 34 heavy (non-hydrogen) atoms. The Morgan fingerprint density at radius 1 is 0.971 bits per heavy atom. The van der Waals surface area contributed by atoms with Crippen molar-refractivity contribution in [2.75, 3.05) is 41.8 Å². The largest absolute Gasteiger partial charge is 0.490 e. The second-order valence-electron chi connectivity index (χ2n) is 7.50. The Morgan fingerprint density at radius 3 is 2.21 bits per heavy atom. The fourth-order valence-electron chi connectivity index (χ4n) is 3.37. The number of fused-ring (bicyclic) bond motifs is 1. The van der Waals surface area contributed by atoms with E-state index in [1.54, 1.807) is 6.20 Å². The average molecular weight is 472 g/mol. The van der Waals surface area contributed by atoms with Gasteiger partial charge in [0.05, 0.1) is 24.1 Å². The van der Waals surface area contributed by atoms with Crippen LogP contribution in [0.25, 0.3) is 11.1 Å². The lowest BCUT2D eigenvalue weighted by Crippen LogP contribution is -2.43. The van der Waals surface area contributed by atoms with Crippen molar-refractivity contribution in [3.05, 3.63) is 73.1 Å². The van der Waals surface area contributed by atoms with Crippen LogP contribution in [0.2, 0.25) is 0 Å². The SMILES string of the molecule is CN1CCN(CC(=O)Nc2ccc(-c3ccccc3)cc2)c2cnccc21.O=C(O)C(F)(F)F. The summed E-state index contributed by atoms with van der Waals surface area (Å²) in [5, 5.41) is 10.1. The number of carbonyl (C=O) groups is 2. The van der Waals surface area contributed by atoms with E-state index in [1.807, 2.05) is 54.7 Å². The van der Waals surface area contributed by atoms with Crippen LogP contribution >= 0.6 is 0 Å². The Bertz CT molecular complexity index is 1120. The average Bonchev–Trinajstić information content (AvgIpc) is 2.82. The monoisotopic (exact) mass is 472 g/mol. The molecular weight excluding hydrogens is 449 g/mol. The Hall–Kier alpha value is -4.08. The number of halogens is 3. The molecule has 0 aliphatic carbocycles. The first-order chi connectivity index (χ1) is 16.1. The lowest BCUT2D eigenvalue weighted by atomic mass is 10.1. The summed E-state index contributed by atoms with van der Waals surface area (Å²) in [5.74, 6) is -2.78. The molecule has 2 heterocycles. The molecule has 178 valence electrons. The summed E-state index contributed by atoms with van der Waals surface area (Å²) in [7, 11) is 2.06. The maximum atomic E-state index is 12.5. The van der Waals surface area contributed by atoms with E-state index in [-0.39, 0.29) is 5.91 Å². The number of benzene rings is 2. The van der Waals surface area contributed by atoms with Crippen LogP contribution in [0.1, 0.15) is 0 Å². The van der Waals surface area contributed by atoms with Crippen molar-refractivity contribution in [3.63, 3.8) is 0 Å². The summed E-state index contributed by atoms with van der Waals surface area (Å²) in [6, 6.07) is 20.1. The minimum Gasteiger partial charge on any atom is -0.475 e. The molecular formula is C24H23F3N4O3. The lowest BCUT2D eigenvalue weighted by Gasteiger charge is -2.36. The van der Waals surface area contributed by atoms with Gasteiger partial charge in [-0.2, -0.15) is 13.2 Å². The van der Waals surface area contributed by atoms with Gasteiger partial charge in [0.15, 0.2) is 0 Å². The summed E-state index contributed by atoms with van der Waals surface area (Å²) in [6.07, 6.45) is -1.47. The third kappa shape index (κ3) is 6.47. The molecule has 1 aliphatic rings. The molecule has 0 atom stereocenters. The van der Waals surface area contributed by atoms with Gasteiger partial charge in [-0.3, -0.25) is 9.78 Å². The second-order valence-corrected chi connectivity index (χ2v) is 7.50. The normalized spacial score (nSPS) is 12.8. The van der Waals surface area contributed by atoms with Crippen molar-refractivity contribution in [2.45, 2.75) is 6.18 Å². The molecule has 0 radical (unpaired) electrons. The van der Waals surface area contributed by atoms with E-state index in [0.29, 0.717) is 6.54 Å². The van der Waals surface area contributed by atoms with Gasteiger partial charge >= 0.3 is 12.1 Å². The van der Waals surface area contributed by atoms with Crippen molar-refractivity contribution in [3.8, 4) is 11.1 Å². The number of nitrogens with one attached hydrogen (secondary N) is 1. The van der Waals surface area contributed by atoms with Crippen molar-refractivity contribution < 1.29 is 27.9 Å². The molecule has 1 amide bonds. The van der Waals surface area contributed by atoms with Crippen molar-refractivity contribution in [1.82, 2.24) is 4.98 Å². The quantitative estimate of drug-likeness (QED) is 0.590. The highest BCUT2D eigenvalue weighted by atomic mass is 19.4. The molecule has 0 saturated heterocycles. The molecule has 2 N–H and O–H groups in total. The van der Waals surface area contributed by atoms with Gasteiger partial charge < -0.3 is 20.2 Å². The van der Waals surface area contributed by atoms with Crippen LogP contribution in [-0.2, 0) is 9.59 Å². The van der Waals surface area contributed by atoms with E-state index in [4.69, 9.17) is 9.90 Å². The number of pyridine rings is 1. The predicted octanol–water partition coefficient (Wildman–Crippen LogP) is 4.28. The first-order valence-electron chi connectivity index (χ1n) is 10.3. The number of aliphatic carboxylic acids is 1. The van der Waals surface area contributed by atoms with E-state index in [9.17, 15) is 18.0 Å². The highest BCUT2D eigenvalue weighted by Gasteiger charge is 2.38. The summed E-state index contributed by atoms with van der Waals surface area (Å²) >= 11 is 0. The van der Waals surface area contributed by atoms with Gasteiger partial charge in [0.25, 0.3) is 0 Å². The van der Waals surface area contributed by atoms with Crippen molar-refractivity contribution >= 4 is 28.9 Å². The van der Waals surface area contributed by atoms with E-state index >= 15 is 0 Å². The molecule has 1 aliphatic heterocycles. The number of carbonyl (C=O) groups excluding carboxylic acids is 1. The minimum absolute atomic E-state index is 0.0261. The summed E-state index contributed by atoms with van der Waals surface area (Å²) < 4.78 is 31.7. The maximum absolute atomic E-state index is 12.5. The molecule has 7 nitrogen and oxygen atoms in total. The zero-order chi connectivity index (χ0) is 24.7. The van der Waals surface area contributed by atoms with E-state index < -0.39 is 12.1 Å². The van der Waals surface area contributed by atoms with Gasteiger partial charge in [-0.05, 0) is 29.3 Å². The third-order valence-electron chi connectivity index (χ3n) is 5.09. The number of aromatic nitrogens is 1. The Labute approximate surface area is 194 Å². The maximum Gasteiger partial charge on any atom is 0.490 e. The van der Waals surface area contributed by atoms with Crippen molar-refractivity contribution in [2.24, 2.45) is 0 Å². The number of carboxylic acid groups (broad SMARTS) is 1. The van der Waals surface area contributed by atoms with Crippen LogP contribution in [0.3, 0.4) is 0 Å². The first kappa shape index (κ1) is 24.6. The number of nitrogens with zero attached hydrogens (tertiary/aromatic N) is 3. The smallest absolute Gasteiger partial charge is 0.475 e. The van der Waals surface area contributed by atoms with Crippen LogP contribution in [0, 0.1) is 0 Å². The molecule has 4 rings (SSSR count). The van der Waals surface area contributed by atoms with Crippen LogP contribution < -0.4 is 15.1 Å². The van der Waals surface area contributed by atoms with Gasteiger partial charge in [-0.15, -0.1) is 0 Å². The Balaban J connectivity index is 0.000000406. The molecule has 0 saturated carbocycles. The number of amides is 1. The summed E-state index contributed by atoms with van der Waals surface area (Å²) in [4.78, 5) is 29.9. The van der Waals surface area contributed by atoms with Crippen LogP contribution in [-0.4, -0.2) is 54.8 Å². The molecule has 0 bridgehead atoms. The number of anilines is 3. The fraction of sp³-hybridized carbons (Fsp3) is 0.208. The van der Waals surface area contributed by atoms with E-state index in [0.717, 1.165) is 41.3 Å². The highest BCUT2D eigenvalue weighted by molar-refractivity contribution is 5.95.